The second-order valence-electron chi connectivity index (χ2n) is 3.94. The van der Waals surface area contributed by atoms with Crippen molar-refractivity contribution in [3.05, 3.63) is 24.0 Å². The Morgan fingerprint density at radius 3 is 2.79 bits per heavy atom. The molecule has 0 amide bonds. The van der Waals surface area contributed by atoms with Crippen molar-refractivity contribution < 1.29 is 5.11 Å². The Morgan fingerprint density at radius 1 is 1.50 bits per heavy atom. The smallest absolute Gasteiger partial charge is 0.0473 e. The molecule has 0 radical (unpaired) electrons. The van der Waals surface area contributed by atoms with Crippen LogP contribution in [-0.2, 0) is 6.54 Å². The molecule has 1 aromatic rings. The molecule has 0 spiro atoms. The lowest BCUT2D eigenvalue weighted by atomic mass is 10.2. The van der Waals surface area contributed by atoms with Gasteiger partial charge in [-0.15, -0.1) is 0 Å². The molecule has 0 aliphatic heterocycles. The summed E-state index contributed by atoms with van der Waals surface area (Å²) < 4.78 is 2.13. The Balaban J connectivity index is 2.59. The first kappa shape index (κ1) is 11.3. The Morgan fingerprint density at radius 2 is 2.21 bits per heavy atom. The summed E-state index contributed by atoms with van der Waals surface area (Å²) in [6.07, 6.45) is 4.20. The Labute approximate surface area is 85.7 Å². The van der Waals surface area contributed by atoms with Crippen molar-refractivity contribution in [1.82, 2.24) is 9.88 Å². The molecule has 0 aliphatic rings. The van der Waals surface area contributed by atoms with Crippen molar-refractivity contribution >= 4 is 0 Å². The van der Waals surface area contributed by atoms with Gasteiger partial charge in [-0.1, -0.05) is 6.92 Å². The molecule has 2 atom stereocenters. The maximum absolute atomic E-state index is 8.93. The van der Waals surface area contributed by atoms with E-state index < -0.39 is 0 Å². The number of nitrogens with one attached hydrogen (secondary N) is 1. The molecule has 0 aliphatic carbocycles. The predicted octanol–water partition coefficient (Wildman–Crippen LogP) is 1.40. The summed E-state index contributed by atoms with van der Waals surface area (Å²) >= 11 is 0. The number of aromatic nitrogens is 1. The van der Waals surface area contributed by atoms with Crippen LogP contribution in [-0.4, -0.2) is 23.3 Å². The number of rotatable bonds is 5. The summed E-state index contributed by atoms with van der Waals surface area (Å²) in [4.78, 5) is 0. The van der Waals surface area contributed by atoms with E-state index in [1.54, 1.807) is 0 Å². The van der Waals surface area contributed by atoms with Crippen molar-refractivity contribution in [2.45, 2.75) is 26.4 Å². The highest BCUT2D eigenvalue weighted by atomic mass is 16.3. The lowest BCUT2D eigenvalue weighted by Crippen LogP contribution is -2.12. The normalized spacial score (nSPS) is 15.4. The van der Waals surface area contributed by atoms with Gasteiger partial charge in [-0.25, -0.2) is 0 Å². The zero-order valence-electron chi connectivity index (χ0n) is 9.20. The molecule has 14 heavy (non-hydrogen) atoms. The molecule has 3 heteroatoms. The van der Waals surface area contributed by atoms with Gasteiger partial charge in [-0.3, -0.25) is 0 Å². The summed E-state index contributed by atoms with van der Waals surface area (Å²) in [6.45, 7) is 5.30. The van der Waals surface area contributed by atoms with E-state index in [1.807, 2.05) is 14.0 Å². The van der Waals surface area contributed by atoms with Crippen molar-refractivity contribution in [3.8, 4) is 0 Å². The largest absolute Gasteiger partial charge is 0.396 e. The molecule has 0 fully saturated rings. The monoisotopic (exact) mass is 196 g/mol. The van der Waals surface area contributed by atoms with Crippen molar-refractivity contribution in [2.24, 2.45) is 5.92 Å². The number of hydrogen-bond donors (Lipinski definition) is 2. The second-order valence-corrected chi connectivity index (χ2v) is 3.94. The molecule has 0 saturated carbocycles. The van der Waals surface area contributed by atoms with E-state index in [0.717, 1.165) is 6.54 Å². The number of aliphatic hydroxyl groups excluding tert-OH is 1. The van der Waals surface area contributed by atoms with E-state index in [0.29, 0.717) is 12.0 Å². The maximum Gasteiger partial charge on any atom is 0.0473 e. The number of aliphatic hydroxyl groups is 1. The predicted molar refractivity (Wildman–Crippen MR) is 58.2 cm³/mol. The maximum atomic E-state index is 8.93. The van der Waals surface area contributed by atoms with Crippen molar-refractivity contribution in [1.29, 1.82) is 0 Å². The van der Waals surface area contributed by atoms with Crippen molar-refractivity contribution in [2.75, 3.05) is 13.7 Å². The molecule has 2 unspecified atom stereocenters. The van der Waals surface area contributed by atoms with Gasteiger partial charge >= 0.3 is 0 Å². The van der Waals surface area contributed by atoms with Gasteiger partial charge < -0.3 is 15.0 Å². The van der Waals surface area contributed by atoms with Gasteiger partial charge in [0.15, 0.2) is 0 Å². The van der Waals surface area contributed by atoms with Gasteiger partial charge in [0.2, 0.25) is 0 Å². The molecular weight excluding hydrogens is 176 g/mol. The summed E-state index contributed by atoms with van der Waals surface area (Å²) in [6, 6.07) is 2.51. The highest BCUT2D eigenvalue weighted by molar-refractivity contribution is 5.14. The Bertz CT molecular complexity index is 270. The van der Waals surface area contributed by atoms with Crippen LogP contribution in [0.5, 0.6) is 0 Å². The molecule has 1 rings (SSSR count). The van der Waals surface area contributed by atoms with Crippen molar-refractivity contribution in [3.63, 3.8) is 0 Å². The van der Waals surface area contributed by atoms with E-state index in [9.17, 15) is 0 Å². The highest BCUT2D eigenvalue weighted by Crippen LogP contribution is 2.12. The third-order valence-electron chi connectivity index (χ3n) is 2.54. The van der Waals surface area contributed by atoms with Gasteiger partial charge in [-0.05, 0) is 31.5 Å². The molecule has 3 nitrogen and oxygen atoms in total. The van der Waals surface area contributed by atoms with Crippen LogP contribution in [0.15, 0.2) is 18.5 Å². The molecule has 1 heterocycles. The van der Waals surface area contributed by atoms with Crippen LogP contribution in [0.4, 0.5) is 0 Å². The lowest BCUT2D eigenvalue weighted by Gasteiger charge is -2.09. The van der Waals surface area contributed by atoms with Crippen LogP contribution >= 0.6 is 0 Å². The SMILES string of the molecule is CNC(C)c1ccn(CC(C)CO)c1. The van der Waals surface area contributed by atoms with E-state index in [-0.39, 0.29) is 6.61 Å². The van der Waals surface area contributed by atoms with Crippen LogP contribution < -0.4 is 5.32 Å². The fourth-order valence-electron chi connectivity index (χ4n) is 1.41. The van der Waals surface area contributed by atoms with Gasteiger partial charge in [0, 0.05) is 31.6 Å². The van der Waals surface area contributed by atoms with Gasteiger partial charge in [0.25, 0.3) is 0 Å². The minimum absolute atomic E-state index is 0.245. The molecule has 80 valence electrons. The average molecular weight is 196 g/mol. The van der Waals surface area contributed by atoms with Gasteiger partial charge in [0.05, 0.1) is 0 Å². The van der Waals surface area contributed by atoms with Crippen LogP contribution in [0, 0.1) is 5.92 Å². The summed E-state index contributed by atoms with van der Waals surface area (Å²) in [7, 11) is 1.96. The third kappa shape index (κ3) is 2.86. The molecule has 2 N–H and O–H groups in total. The summed E-state index contributed by atoms with van der Waals surface area (Å²) in [5.41, 5.74) is 1.29. The molecule has 0 saturated heterocycles. The fourth-order valence-corrected chi connectivity index (χ4v) is 1.41. The average Bonchev–Trinajstić information content (AvgIpc) is 2.65. The second kappa shape index (κ2) is 5.17. The molecule has 0 aromatic carbocycles. The van der Waals surface area contributed by atoms with E-state index in [1.165, 1.54) is 5.56 Å². The highest BCUT2D eigenvalue weighted by Gasteiger charge is 2.05. The summed E-state index contributed by atoms with van der Waals surface area (Å²) in [5.74, 6) is 0.320. The molecular formula is C11H20N2O. The van der Waals surface area contributed by atoms with Gasteiger partial charge in [0.1, 0.15) is 0 Å². The zero-order valence-corrected chi connectivity index (χ0v) is 9.20. The Kier molecular flexibility index (Phi) is 4.17. The summed E-state index contributed by atoms with van der Waals surface area (Å²) in [5, 5.41) is 12.1. The van der Waals surface area contributed by atoms with E-state index in [4.69, 9.17) is 5.11 Å². The lowest BCUT2D eigenvalue weighted by molar-refractivity contribution is 0.223. The van der Waals surface area contributed by atoms with Crippen LogP contribution in [0.25, 0.3) is 0 Å². The first-order valence-corrected chi connectivity index (χ1v) is 5.11. The van der Waals surface area contributed by atoms with E-state index >= 15 is 0 Å². The standard InChI is InChI=1S/C11H20N2O/c1-9(8-14)6-13-5-4-11(7-13)10(2)12-3/h4-5,7,9-10,12,14H,6,8H2,1-3H3. The fraction of sp³-hybridized carbons (Fsp3) is 0.636. The number of hydrogen-bond acceptors (Lipinski definition) is 2. The first-order chi connectivity index (χ1) is 6.67. The number of nitrogens with zero attached hydrogens (tertiary/aromatic N) is 1. The van der Waals surface area contributed by atoms with Crippen LogP contribution in [0.3, 0.4) is 0 Å². The van der Waals surface area contributed by atoms with Crippen LogP contribution in [0.2, 0.25) is 0 Å². The molecule has 0 bridgehead atoms. The van der Waals surface area contributed by atoms with E-state index in [2.05, 4.69) is 35.3 Å². The zero-order chi connectivity index (χ0) is 10.6. The third-order valence-corrected chi connectivity index (χ3v) is 2.54. The first-order valence-electron chi connectivity index (χ1n) is 5.11. The molecule has 1 aromatic heterocycles. The van der Waals surface area contributed by atoms with Gasteiger partial charge in [-0.2, -0.15) is 0 Å². The topological polar surface area (TPSA) is 37.2 Å². The minimum Gasteiger partial charge on any atom is -0.396 e. The quantitative estimate of drug-likeness (QED) is 0.747. The van der Waals surface area contributed by atoms with Crippen LogP contribution in [0.1, 0.15) is 25.5 Å². The minimum atomic E-state index is 0.245. The Hall–Kier alpha value is -0.800.